The van der Waals surface area contributed by atoms with Gasteiger partial charge in [0.1, 0.15) is 0 Å². The van der Waals surface area contributed by atoms with Crippen molar-refractivity contribution >= 4 is 40.2 Å². The van der Waals surface area contributed by atoms with Crippen LogP contribution < -0.4 is 5.32 Å². The zero-order valence-electron chi connectivity index (χ0n) is 15.8. The van der Waals surface area contributed by atoms with E-state index in [2.05, 4.69) is 15.3 Å². The van der Waals surface area contributed by atoms with Crippen molar-refractivity contribution in [3.05, 3.63) is 89.5 Å². The highest BCUT2D eigenvalue weighted by atomic mass is 32.2. The second kappa shape index (κ2) is 8.32. The van der Waals surface area contributed by atoms with E-state index in [0.29, 0.717) is 22.6 Å². The molecule has 0 atom stereocenters. The van der Waals surface area contributed by atoms with E-state index in [4.69, 9.17) is 0 Å². The van der Waals surface area contributed by atoms with E-state index in [1.165, 1.54) is 6.92 Å². The Labute approximate surface area is 172 Å². The number of carbonyl (C=O) groups is 2. The first-order valence-corrected chi connectivity index (χ1v) is 10.2. The van der Waals surface area contributed by atoms with Gasteiger partial charge in [-0.25, -0.2) is 4.98 Å². The number of nitrogens with one attached hydrogen (secondary N) is 2. The van der Waals surface area contributed by atoms with Crippen molar-refractivity contribution in [3.8, 4) is 0 Å². The van der Waals surface area contributed by atoms with Gasteiger partial charge in [0.05, 0.1) is 11.0 Å². The SMILES string of the molecule is CC(=O)c1cccc(NC(=O)c2ccccc2CSc2nc3ccccc3[nH]2)c1. The molecule has 0 unspecified atom stereocenters. The number of amides is 1. The fourth-order valence-corrected chi connectivity index (χ4v) is 3.91. The molecule has 0 aliphatic carbocycles. The molecule has 1 aromatic heterocycles. The summed E-state index contributed by atoms with van der Waals surface area (Å²) in [4.78, 5) is 32.3. The van der Waals surface area contributed by atoms with E-state index in [-0.39, 0.29) is 11.7 Å². The highest BCUT2D eigenvalue weighted by Gasteiger charge is 2.13. The molecule has 1 heterocycles. The Kier molecular flexibility index (Phi) is 5.44. The lowest BCUT2D eigenvalue weighted by molar-refractivity contribution is 0.101. The van der Waals surface area contributed by atoms with Crippen LogP contribution >= 0.6 is 11.8 Å². The Balaban J connectivity index is 1.50. The third kappa shape index (κ3) is 4.38. The maximum absolute atomic E-state index is 12.8. The number of Topliss-reactive ketones (excluding diaryl/α,β-unsaturated/α-hetero) is 1. The number of benzene rings is 3. The van der Waals surface area contributed by atoms with Crippen LogP contribution in [0.15, 0.2) is 78.0 Å². The van der Waals surface area contributed by atoms with Crippen LogP contribution in [0, 0.1) is 0 Å². The molecule has 4 rings (SSSR count). The van der Waals surface area contributed by atoms with Crippen molar-refractivity contribution in [2.75, 3.05) is 5.32 Å². The van der Waals surface area contributed by atoms with Gasteiger partial charge < -0.3 is 10.3 Å². The second-order valence-electron chi connectivity index (χ2n) is 6.60. The highest BCUT2D eigenvalue weighted by Crippen LogP contribution is 2.25. The highest BCUT2D eigenvalue weighted by molar-refractivity contribution is 7.98. The van der Waals surface area contributed by atoms with Gasteiger partial charge in [0.2, 0.25) is 0 Å². The molecule has 4 aromatic rings. The van der Waals surface area contributed by atoms with Crippen LogP contribution in [-0.2, 0) is 5.75 Å². The summed E-state index contributed by atoms with van der Waals surface area (Å²) in [5, 5.41) is 3.71. The Hall–Kier alpha value is -3.38. The molecule has 6 heteroatoms. The van der Waals surface area contributed by atoms with Gasteiger partial charge in [0.15, 0.2) is 10.9 Å². The third-order valence-corrected chi connectivity index (χ3v) is 5.44. The van der Waals surface area contributed by atoms with Gasteiger partial charge in [-0.2, -0.15) is 0 Å². The first-order chi connectivity index (χ1) is 14.1. The van der Waals surface area contributed by atoms with E-state index >= 15 is 0 Å². The molecule has 0 fully saturated rings. The number of hydrogen-bond acceptors (Lipinski definition) is 4. The molecule has 0 saturated carbocycles. The number of anilines is 1. The number of ketones is 1. The Morgan fingerprint density at radius 3 is 2.62 bits per heavy atom. The van der Waals surface area contributed by atoms with E-state index < -0.39 is 0 Å². The molecule has 1 amide bonds. The van der Waals surface area contributed by atoms with Gasteiger partial charge in [-0.3, -0.25) is 9.59 Å². The normalized spacial score (nSPS) is 10.8. The first-order valence-electron chi connectivity index (χ1n) is 9.18. The Morgan fingerprint density at radius 1 is 1.00 bits per heavy atom. The number of aromatic amines is 1. The van der Waals surface area contributed by atoms with Crippen LogP contribution in [0.4, 0.5) is 5.69 Å². The van der Waals surface area contributed by atoms with Crippen molar-refractivity contribution in [1.29, 1.82) is 0 Å². The number of fused-ring (bicyclic) bond motifs is 1. The summed E-state index contributed by atoms with van der Waals surface area (Å²) in [6.45, 7) is 1.51. The lowest BCUT2D eigenvalue weighted by Crippen LogP contribution is -2.14. The van der Waals surface area contributed by atoms with Crippen LogP contribution in [0.3, 0.4) is 0 Å². The number of rotatable bonds is 6. The quantitative estimate of drug-likeness (QED) is 0.339. The Bertz CT molecular complexity index is 1170. The monoisotopic (exact) mass is 401 g/mol. The lowest BCUT2D eigenvalue weighted by Gasteiger charge is -2.10. The summed E-state index contributed by atoms with van der Waals surface area (Å²) in [6, 6.07) is 22.3. The van der Waals surface area contributed by atoms with Gasteiger partial charge in [-0.15, -0.1) is 0 Å². The molecule has 144 valence electrons. The predicted molar refractivity (Wildman–Crippen MR) is 116 cm³/mol. The maximum atomic E-state index is 12.8. The predicted octanol–water partition coefficient (Wildman–Crippen LogP) is 5.31. The number of para-hydroxylation sites is 2. The average Bonchev–Trinajstić information content (AvgIpc) is 3.15. The molecule has 0 aliphatic heterocycles. The molecule has 0 bridgehead atoms. The third-order valence-electron chi connectivity index (χ3n) is 4.52. The number of aromatic nitrogens is 2. The second-order valence-corrected chi connectivity index (χ2v) is 7.56. The number of hydrogen-bond donors (Lipinski definition) is 2. The summed E-state index contributed by atoms with van der Waals surface area (Å²) < 4.78 is 0. The number of H-pyrrole nitrogens is 1. The zero-order valence-corrected chi connectivity index (χ0v) is 16.6. The summed E-state index contributed by atoms with van der Waals surface area (Å²) >= 11 is 1.55. The van der Waals surface area contributed by atoms with E-state index in [1.807, 2.05) is 42.5 Å². The van der Waals surface area contributed by atoms with E-state index in [0.717, 1.165) is 21.8 Å². The molecule has 29 heavy (non-hydrogen) atoms. The Morgan fingerprint density at radius 2 is 1.79 bits per heavy atom. The van der Waals surface area contributed by atoms with Crippen molar-refractivity contribution < 1.29 is 9.59 Å². The molecule has 5 nitrogen and oxygen atoms in total. The number of carbonyl (C=O) groups excluding carboxylic acids is 2. The molecule has 0 spiro atoms. The topological polar surface area (TPSA) is 74.8 Å². The van der Waals surface area contributed by atoms with Gasteiger partial charge in [-0.05, 0) is 42.8 Å². The van der Waals surface area contributed by atoms with Crippen LogP contribution in [-0.4, -0.2) is 21.7 Å². The summed E-state index contributed by atoms with van der Waals surface area (Å²) in [5.41, 5.74) is 4.60. The number of nitrogens with zero attached hydrogens (tertiary/aromatic N) is 1. The van der Waals surface area contributed by atoms with Gasteiger partial charge in [0.25, 0.3) is 5.91 Å². The van der Waals surface area contributed by atoms with Gasteiger partial charge in [0, 0.05) is 22.6 Å². The summed E-state index contributed by atoms with van der Waals surface area (Å²) in [7, 11) is 0. The van der Waals surface area contributed by atoms with Crippen molar-refractivity contribution in [3.63, 3.8) is 0 Å². The minimum atomic E-state index is -0.202. The molecule has 0 aliphatic rings. The van der Waals surface area contributed by atoms with Gasteiger partial charge >= 0.3 is 0 Å². The minimum absolute atomic E-state index is 0.0382. The van der Waals surface area contributed by atoms with Gasteiger partial charge in [-0.1, -0.05) is 54.2 Å². The lowest BCUT2D eigenvalue weighted by atomic mass is 10.1. The first kappa shape index (κ1) is 19.0. The molecule has 0 saturated heterocycles. The minimum Gasteiger partial charge on any atom is -0.333 e. The van der Waals surface area contributed by atoms with Crippen LogP contribution in [0.2, 0.25) is 0 Å². The maximum Gasteiger partial charge on any atom is 0.255 e. The fraction of sp³-hybridized carbons (Fsp3) is 0.0870. The fourth-order valence-electron chi connectivity index (χ4n) is 3.03. The van der Waals surface area contributed by atoms with Crippen molar-refractivity contribution in [2.45, 2.75) is 17.8 Å². The average molecular weight is 401 g/mol. The standard InChI is InChI=1S/C23H19N3O2S/c1-15(27)16-8-6-9-18(13-16)24-22(28)19-10-3-2-7-17(19)14-29-23-25-20-11-4-5-12-21(20)26-23/h2-13H,14H2,1H3,(H,24,28)(H,25,26). The van der Waals surface area contributed by atoms with Crippen molar-refractivity contribution in [1.82, 2.24) is 9.97 Å². The van der Waals surface area contributed by atoms with Crippen LogP contribution in [0.1, 0.15) is 33.2 Å². The largest absolute Gasteiger partial charge is 0.333 e. The molecular formula is C23H19N3O2S. The van der Waals surface area contributed by atoms with Crippen LogP contribution in [0.5, 0.6) is 0 Å². The molecule has 3 aromatic carbocycles. The van der Waals surface area contributed by atoms with E-state index in [9.17, 15) is 9.59 Å². The molecule has 2 N–H and O–H groups in total. The molecular weight excluding hydrogens is 382 g/mol. The number of imidazole rings is 1. The smallest absolute Gasteiger partial charge is 0.255 e. The summed E-state index contributed by atoms with van der Waals surface area (Å²) in [5.74, 6) is 0.368. The summed E-state index contributed by atoms with van der Waals surface area (Å²) in [6.07, 6.45) is 0. The van der Waals surface area contributed by atoms with E-state index in [1.54, 1.807) is 42.1 Å². The zero-order chi connectivity index (χ0) is 20.2. The van der Waals surface area contributed by atoms with Crippen molar-refractivity contribution in [2.24, 2.45) is 0 Å². The number of thioether (sulfide) groups is 1. The molecule has 0 radical (unpaired) electrons. The van der Waals surface area contributed by atoms with Crippen LogP contribution in [0.25, 0.3) is 11.0 Å².